The van der Waals surface area contributed by atoms with Crippen molar-refractivity contribution >= 4 is 19.3 Å². The molecule has 0 fully saturated rings. The molecular weight excluding hydrogens is 511 g/mol. The molecule has 0 aromatic heterocycles. The van der Waals surface area contributed by atoms with E-state index in [1.165, 1.54) is 17.8 Å². The third kappa shape index (κ3) is 5.14. The number of benzene rings is 2. The Balaban J connectivity index is 1.99. The van der Waals surface area contributed by atoms with Gasteiger partial charge in [-0.25, -0.2) is 0 Å². The van der Waals surface area contributed by atoms with E-state index in [9.17, 15) is 0 Å². The molecule has 0 saturated carbocycles. The van der Waals surface area contributed by atoms with E-state index >= 15 is 0 Å². The molecule has 0 spiro atoms. The third-order valence-corrected chi connectivity index (χ3v) is 11.6. The molecule has 0 saturated heterocycles. The van der Waals surface area contributed by atoms with Crippen LogP contribution >= 0.6 is 0 Å². The summed E-state index contributed by atoms with van der Waals surface area (Å²) < 4.78 is 3.74. The Kier molecular flexibility index (Phi) is 6.96. The molecule has 3 rings (SSSR count). The van der Waals surface area contributed by atoms with Gasteiger partial charge in [-0.1, -0.05) is 0 Å². The van der Waals surface area contributed by atoms with Crippen LogP contribution in [0.2, 0.25) is 4.31 Å². The quantitative estimate of drug-likeness (QED) is 0.515. The van der Waals surface area contributed by atoms with Crippen LogP contribution in [-0.4, -0.2) is 28.2 Å². The van der Waals surface area contributed by atoms with Gasteiger partial charge < -0.3 is 0 Å². The first-order chi connectivity index (χ1) is 13.1. The van der Waals surface area contributed by atoms with Crippen molar-refractivity contribution in [2.45, 2.75) is 23.6 Å². The Bertz CT molecular complexity index is 722. The third-order valence-electron chi connectivity index (χ3n) is 4.62. The van der Waals surface area contributed by atoms with Crippen LogP contribution in [0.5, 0.6) is 0 Å². The molecule has 0 aliphatic heterocycles. The van der Waals surface area contributed by atoms with E-state index < -0.39 is 17.3 Å². The second kappa shape index (κ2) is 9.42. The van der Waals surface area contributed by atoms with Gasteiger partial charge in [0, 0.05) is 0 Å². The zero-order chi connectivity index (χ0) is 19.2. The SMILES string of the molecule is CN(C)c1cc[c]([Pt]([c]2ccc(N(C)C)cc2)[C@H]2/C=C\CC/C=C\C2)cc1. The molecule has 1 aliphatic carbocycles. The van der Waals surface area contributed by atoms with E-state index in [2.05, 4.69) is 111 Å². The van der Waals surface area contributed by atoms with Crippen LogP contribution in [0.4, 0.5) is 11.4 Å². The van der Waals surface area contributed by atoms with Gasteiger partial charge in [0.1, 0.15) is 0 Å². The number of hydrogen-bond acceptors (Lipinski definition) is 2. The van der Waals surface area contributed by atoms with Gasteiger partial charge in [-0.2, -0.15) is 0 Å². The Labute approximate surface area is 170 Å². The molecule has 27 heavy (non-hydrogen) atoms. The molecular formula is C24H31N2Pt. The topological polar surface area (TPSA) is 6.48 Å². The van der Waals surface area contributed by atoms with Gasteiger partial charge in [-0.15, -0.1) is 0 Å². The average molecular weight is 543 g/mol. The standard InChI is InChI=1S/2C8H10N.C8H11.Pt/c2*1-9(2)8-6-4-3-5-7-8;1-2-4-6-8-7-5-3-1;/h2*4-7H,1-2H3;1-3,6,8H,4-5,7H2;/b;;3-1-,8-6-;. The summed E-state index contributed by atoms with van der Waals surface area (Å²) >= 11 is -1.59. The van der Waals surface area contributed by atoms with E-state index in [0.717, 1.165) is 12.8 Å². The molecule has 0 heterocycles. The minimum atomic E-state index is -1.59. The van der Waals surface area contributed by atoms with E-state index in [0.29, 0.717) is 4.31 Å². The molecule has 2 aromatic rings. The number of hydrogen-bond donors (Lipinski definition) is 0. The molecule has 2 nitrogen and oxygen atoms in total. The molecule has 0 amide bonds. The summed E-state index contributed by atoms with van der Waals surface area (Å²) in [7, 11) is 8.42. The Morgan fingerprint density at radius 3 is 1.63 bits per heavy atom. The van der Waals surface area contributed by atoms with Gasteiger partial charge in [0.2, 0.25) is 0 Å². The summed E-state index contributed by atoms with van der Waals surface area (Å²) in [5.41, 5.74) is 2.54. The maximum atomic E-state index is 2.51. The summed E-state index contributed by atoms with van der Waals surface area (Å²) in [6.07, 6.45) is 13.2. The van der Waals surface area contributed by atoms with E-state index in [1.807, 2.05) is 0 Å². The number of nitrogens with zero attached hydrogens (tertiary/aromatic N) is 2. The maximum absolute atomic E-state index is 2.51. The van der Waals surface area contributed by atoms with Gasteiger partial charge >= 0.3 is 171 Å². The molecule has 0 bridgehead atoms. The van der Waals surface area contributed by atoms with Gasteiger partial charge in [0.25, 0.3) is 0 Å². The van der Waals surface area contributed by atoms with Crippen LogP contribution in [-0.2, 0) is 17.3 Å². The Hall–Kier alpha value is -1.79. The van der Waals surface area contributed by atoms with Crippen LogP contribution in [0, 0.1) is 0 Å². The van der Waals surface area contributed by atoms with Crippen molar-refractivity contribution in [3.63, 3.8) is 0 Å². The van der Waals surface area contributed by atoms with Crippen molar-refractivity contribution in [3.05, 3.63) is 72.8 Å². The molecule has 1 atom stereocenters. The van der Waals surface area contributed by atoms with Crippen LogP contribution in [0.25, 0.3) is 0 Å². The molecule has 3 heteroatoms. The summed E-state index contributed by atoms with van der Waals surface area (Å²) in [5.74, 6) is 0. The summed E-state index contributed by atoms with van der Waals surface area (Å²) in [6.45, 7) is 0. The zero-order valence-electron chi connectivity index (χ0n) is 16.8. The van der Waals surface area contributed by atoms with Gasteiger partial charge in [-0.3, -0.25) is 0 Å². The van der Waals surface area contributed by atoms with Crippen molar-refractivity contribution in [1.29, 1.82) is 0 Å². The fraction of sp³-hybridized carbons (Fsp3) is 0.333. The van der Waals surface area contributed by atoms with Crippen LogP contribution in [0.1, 0.15) is 19.3 Å². The zero-order valence-corrected chi connectivity index (χ0v) is 19.1. The molecule has 2 aromatic carbocycles. The summed E-state index contributed by atoms with van der Waals surface area (Å²) in [4.78, 5) is 4.35. The first-order valence-corrected chi connectivity index (χ1v) is 13.1. The molecule has 0 N–H and O–H groups in total. The number of rotatable bonds is 5. The normalized spacial score (nSPS) is 19.6. The summed E-state index contributed by atoms with van der Waals surface area (Å²) in [5, 5.41) is 0. The van der Waals surface area contributed by atoms with Crippen molar-refractivity contribution in [2.75, 3.05) is 38.0 Å². The van der Waals surface area contributed by atoms with Gasteiger partial charge in [0.15, 0.2) is 0 Å². The number of allylic oxidation sites excluding steroid dienone is 4. The molecule has 147 valence electrons. The Morgan fingerprint density at radius 2 is 1.15 bits per heavy atom. The van der Waals surface area contributed by atoms with Crippen LogP contribution in [0.3, 0.4) is 0 Å². The predicted molar refractivity (Wildman–Crippen MR) is 117 cm³/mol. The minimum absolute atomic E-state index is 0.641. The predicted octanol–water partition coefficient (Wildman–Crippen LogP) is 4.47. The van der Waals surface area contributed by atoms with Crippen molar-refractivity contribution < 1.29 is 17.3 Å². The summed E-state index contributed by atoms with van der Waals surface area (Å²) in [6, 6.07) is 18.6. The Morgan fingerprint density at radius 1 is 0.667 bits per heavy atom. The molecule has 0 unspecified atom stereocenters. The first kappa shape index (κ1) is 20.0. The van der Waals surface area contributed by atoms with Gasteiger partial charge in [0.05, 0.1) is 0 Å². The second-order valence-corrected chi connectivity index (χ2v) is 13.3. The van der Waals surface area contributed by atoms with Crippen molar-refractivity contribution in [1.82, 2.24) is 0 Å². The van der Waals surface area contributed by atoms with E-state index in [-0.39, 0.29) is 0 Å². The van der Waals surface area contributed by atoms with E-state index in [1.54, 1.807) is 7.91 Å². The van der Waals surface area contributed by atoms with Crippen molar-refractivity contribution in [2.24, 2.45) is 0 Å². The van der Waals surface area contributed by atoms with Crippen molar-refractivity contribution in [3.8, 4) is 0 Å². The molecule has 1 aliphatic rings. The number of anilines is 2. The van der Waals surface area contributed by atoms with Crippen LogP contribution < -0.4 is 17.7 Å². The first-order valence-electron chi connectivity index (χ1n) is 9.51. The van der Waals surface area contributed by atoms with Gasteiger partial charge in [-0.05, 0) is 0 Å². The average Bonchev–Trinajstić information content (AvgIpc) is 2.64. The molecule has 0 radical (unpaired) electrons. The second-order valence-electron chi connectivity index (χ2n) is 7.11. The van der Waals surface area contributed by atoms with E-state index in [4.69, 9.17) is 0 Å². The fourth-order valence-corrected chi connectivity index (χ4v) is 9.72. The van der Waals surface area contributed by atoms with Crippen LogP contribution in [0.15, 0.2) is 72.8 Å². The monoisotopic (exact) mass is 542 g/mol. The fourth-order valence-electron chi connectivity index (χ4n) is 3.04.